The standard InChI is InChI=1S/C20H20N4O2S/c25-18(22-14-6-1-2-7-14)13-27-20-23-17-10-4-3-9-16(17)19(26)24(20)15-8-5-11-21-12-15/h3-5,8-12,14H,1-2,6-7,13H2,(H,22,25). The van der Waals surface area contributed by atoms with Crippen molar-refractivity contribution in [3.63, 3.8) is 0 Å². The molecule has 0 spiro atoms. The van der Waals surface area contributed by atoms with E-state index in [1.54, 1.807) is 24.5 Å². The van der Waals surface area contributed by atoms with Gasteiger partial charge in [-0.2, -0.15) is 0 Å². The molecule has 1 amide bonds. The number of aromatic nitrogens is 3. The molecule has 7 heteroatoms. The Balaban J connectivity index is 1.66. The van der Waals surface area contributed by atoms with Crippen LogP contribution in [-0.2, 0) is 4.79 Å². The Hall–Kier alpha value is -2.67. The summed E-state index contributed by atoms with van der Waals surface area (Å²) < 4.78 is 1.53. The molecule has 1 saturated carbocycles. The van der Waals surface area contributed by atoms with Crippen molar-refractivity contribution < 1.29 is 4.79 Å². The van der Waals surface area contributed by atoms with Gasteiger partial charge in [-0.05, 0) is 37.1 Å². The molecule has 0 unspecified atom stereocenters. The zero-order valence-corrected chi connectivity index (χ0v) is 15.6. The van der Waals surface area contributed by atoms with Gasteiger partial charge in [0.1, 0.15) is 0 Å². The van der Waals surface area contributed by atoms with E-state index < -0.39 is 0 Å². The van der Waals surface area contributed by atoms with Crippen LogP contribution in [0.15, 0.2) is 58.7 Å². The average Bonchev–Trinajstić information content (AvgIpc) is 3.20. The van der Waals surface area contributed by atoms with Crippen molar-refractivity contribution in [2.45, 2.75) is 36.9 Å². The van der Waals surface area contributed by atoms with Crippen molar-refractivity contribution in [3.8, 4) is 5.69 Å². The van der Waals surface area contributed by atoms with Crippen LogP contribution in [0.2, 0.25) is 0 Å². The second kappa shape index (κ2) is 7.92. The van der Waals surface area contributed by atoms with Gasteiger partial charge >= 0.3 is 0 Å². The van der Waals surface area contributed by atoms with E-state index >= 15 is 0 Å². The van der Waals surface area contributed by atoms with Crippen molar-refractivity contribution in [1.29, 1.82) is 0 Å². The number of para-hydroxylation sites is 1. The smallest absolute Gasteiger partial charge is 0.266 e. The number of hydrogen-bond acceptors (Lipinski definition) is 5. The summed E-state index contributed by atoms with van der Waals surface area (Å²) in [5, 5.41) is 4.11. The van der Waals surface area contributed by atoms with E-state index in [2.05, 4.69) is 15.3 Å². The maximum atomic E-state index is 13.1. The van der Waals surface area contributed by atoms with Crippen LogP contribution in [0.4, 0.5) is 0 Å². The fourth-order valence-electron chi connectivity index (χ4n) is 3.39. The normalized spacial score (nSPS) is 14.5. The van der Waals surface area contributed by atoms with Crippen molar-refractivity contribution in [1.82, 2.24) is 19.9 Å². The molecule has 0 saturated heterocycles. The van der Waals surface area contributed by atoms with E-state index in [-0.39, 0.29) is 23.3 Å². The maximum absolute atomic E-state index is 13.1. The highest BCUT2D eigenvalue weighted by Gasteiger charge is 2.19. The van der Waals surface area contributed by atoms with Crippen LogP contribution in [0, 0.1) is 0 Å². The van der Waals surface area contributed by atoms with Crippen LogP contribution >= 0.6 is 11.8 Å². The van der Waals surface area contributed by atoms with E-state index in [0.29, 0.717) is 21.7 Å². The number of carbonyl (C=O) groups is 1. The predicted octanol–water partition coefficient (Wildman–Crippen LogP) is 2.93. The second-order valence-corrected chi connectivity index (χ2v) is 7.54. The Bertz CT molecular complexity index is 1010. The Morgan fingerprint density at radius 1 is 1.19 bits per heavy atom. The fourth-order valence-corrected chi connectivity index (χ4v) is 4.22. The average molecular weight is 380 g/mol. The predicted molar refractivity (Wildman–Crippen MR) is 106 cm³/mol. The lowest BCUT2D eigenvalue weighted by Crippen LogP contribution is -2.34. The Morgan fingerprint density at radius 3 is 2.78 bits per heavy atom. The second-order valence-electron chi connectivity index (χ2n) is 6.60. The number of carbonyl (C=O) groups excluding carboxylic acids is 1. The number of pyridine rings is 1. The molecule has 4 rings (SSSR count). The van der Waals surface area contributed by atoms with Gasteiger partial charge in [-0.15, -0.1) is 0 Å². The molecule has 1 aliphatic rings. The third kappa shape index (κ3) is 3.88. The van der Waals surface area contributed by atoms with Crippen LogP contribution in [0.25, 0.3) is 16.6 Å². The van der Waals surface area contributed by atoms with Crippen molar-refractivity contribution >= 4 is 28.6 Å². The topological polar surface area (TPSA) is 76.9 Å². The number of nitrogens with one attached hydrogen (secondary N) is 1. The van der Waals surface area contributed by atoms with Gasteiger partial charge in [0.2, 0.25) is 5.91 Å². The quantitative estimate of drug-likeness (QED) is 0.544. The van der Waals surface area contributed by atoms with Crippen LogP contribution in [-0.4, -0.2) is 32.2 Å². The highest BCUT2D eigenvalue weighted by atomic mass is 32.2. The molecule has 1 N–H and O–H groups in total. The van der Waals surface area contributed by atoms with E-state index in [9.17, 15) is 9.59 Å². The molecular weight excluding hydrogens is 360 g/mol. The van der Waals surface area contributed by atoms with Gasteiger partial charge in [-0.25, -0.2) is 4.98 Å². The fraction of sp³-hybridized carbons (Fsp3) is 0.300. The summed E-state index contributed by atoms with van der Waals surface area (Å²) >= 11 is 1.27. The molecule has 1 aromatic carbocycles. The Kier molecular flexibility index (Phi) is 5.20. The summed E-state index contributed by atoms with van der Waals surface area (Å²) in [5.74, 6) is 0.202. The van der Waals surface area contributed by atoms with E-state index in [1.807, 2.05) is 24.3 Å². The highest BCUT2D eigenvalue weighted by Crippen LogP contribution is 2.22. The molecule has 2 aromatic heterocycles. The van der Waals surface area contributed by atoms with Gasteiger partial charge < -0.3 is 5.32 Å². The van der Waals surface area contributed by atoms with Gasteiger partial charge in [0, 0.05) is 12.2 Å². The molecular formula is C20H20N4O2S. The first kappa shape index (κ1) is 17.7. The molecule has 0 bridgehead atoms. The van der Waals surface area contributed by atoms with Gasteiger partial charge in [0.05, 0.1) is 28.5 Å². The van der Waals surface area contributed by atoms with Crippen LogP contribution < -0.4 is 10.9 Å². The Morgan fingerprint density at radius 2 is 2.00 bits per heavy atom. The lowest BCUT2D eigenvalue weighted by Gasteiger charge is -2.14. The van der Waals surface area contributed by atoms with Gasteiger partial charge in [0.25, 0.3) is 5.56 Å². The van der Waals surface area contributed by atoms with Crippen molar-refractivity contribution in [2.75, 3.05) is 5.75 Å². The first-order valence-electron chi connectivity index (χ1n) is 9.07. The van der Waals surface area contributed by atoms with Gasteiger partial charge in [-0.1, -0.05) is 36.7 Å². The summed E-state index contributed by atoms with van der Waals surface area (Å²) in [6.07, 6.45) is 7.72. The summed E-state index contributed by atoms with van der Waals surface area (Å²) in [6.45, 7) is 0. The summed E-state index contributed by atoms with van der Waals surface area (Å²) in [7, 11) is 0. The monoisotopic (exact) mass is 380 g/mol. The molecule has 1 aliphatic carbocycles. The zero-order valence-electron chi connectivity index (χ0n) is 14.8. The number of hydrogen-bond donors (Lipinski definition) is 1. The summed E-state index contributed by atoms with van der Waals surface area (Å²) in [5.41, 5.74) is 1.10. The molecule has 0 radical (unpaired) electrons. The number of thioether (sulfide) groups is 1. The molecule has 6 nitrogen and oxygen atoms in total. The summed E-state index contributed by atoms with van der Waals surface area (Å²) in [6, 6.07) is 11.1. The van der Waals surface area contributed by atoms with E-state index in [4.69, 9.17) is 0 Å². The lowest BCUT2D eigenvalue weighted by molar-refractivity contribution is -0.119. The van der Waals surface area contributed by atoms with E-state index in [1.165, 1.54) is 29.2 Å². The first-order chi connectivity index (χ1) is 13.2. The minimum atomic E-state index is -0.160. The number of nitrogens with zero attached hydrogens (tertiary/aromatic N) is 3. The minimum Gasteiger partial charge on any atom is -0.353 e. The van der Waals surface area contributed by atoms with Crippen molar-refractivity contribution in [3.05, 3.63) is 59.1 Å². The summed E-state index contributed by atoms with van der Waals surface area (Å²) in [4.78, 5) is 34.1. The van der Waals surface area contributed by atoms with E-state index in [0.717, 1.165) is 12.8 Å². The molecule has 2 heterocycles. The number of benzene rings is 1. The van der Waals surface area contributed by atoms with Gasteiger partial charge in [0.15, 0.2) is 5.16 Å². The minimum absolute atomic E-state index is 0.0213. The lowest BCUT2D eigenvalue weighted by atomic mass is 10.2. The first-order valence-corrected chi connectivity index (χ1v) is 10.1. The molecule has 3 aromatic rings. The molecule has 0 atom stereocenters. The van der Waals surface area contributed by atoms with Crippen molar-refractivity contribution in [2.24, 2.45) is 0 Å². The SMILES string of the molecule is O=C(CSc1nc2ccccc2c(=O)n1-c1cccnc1)NC1CCCC1. The third-order valence-electron chi connectivity index (χ3n) is 4.70. The maximum Gasteiger partial charge on any atom is 0.266 e. The zero-order chi connectivity index (χ0) is 18.6. The third-order valence-corrected chi connectivity index (χ3v) is 5.64. The highest BCUT2D eigenvalue weighted by molar-refractivity contribution is 7.99. The largest absolute Gasteiger partial charge is 0.353 e. The van der Waals surface area contributed by atoms with Crippen LogP contribution in [0.3, 0.4) is 0 Å². The van der Waals surface area contributed by atoms with Crippen LogP contribution in [0.1, 0.15) is 25.7 Å². The molecule has 1 fully saturated rings. The number of amides is 1. The number of rotatable bonds is 5. The molecule has 27 heavy (non-hydrogen) atoms. The number of fused-ring (bicyclic) bond motifs is 1. The molecule has 138 valence electrons. The van der Waals surface area contributed by atoms with Gasteiger partial charge in [-0.3, -0.25) is 19.1 Å². The Labute approximate surface area is 161 Å². The van der Waals surface area contributed by atoms with Crippen LogP contribution in [0.5, 0.6) is 0 Å². The molecule has 0 aliphatic heterocycles.